The van der Waals surface area contributed by atoms with E-state index in [0.717, 1.165) is 36.8 Å². The van der Waals surface area contributed by atoms with Crippen molar-refractivity contribution in [3.8, 4) is 5.75 Å². The Morgan fingerprint density at radius 3 is 2.62 bits per heavy atom. The van der Waals surface area contributed by atoms with E-state index in [1.54, 1.807) is 24.9 Å². The normalized spacial score (nSPS) is 22.5. The molecule has 2 aromatic carbocycles. The van der Waals surface area contributed by atoms with Crippen LogP contribution in [0.2, 0.25) is 0 Å². The van der Waals surface area contributed by atoms with Gasteiger partial charge in [0.05, 0.1) is 19.6 Å². The van der Waals surface area contributed by atoms with Crippen molar-refractivity contribution in [2.24, 2.45) is 5.92 Å². The summed E-state index contributed by atoms with van der Waals surface area (Å²) in [6.07, 6.45) is 6.32. The van der Waals surface area contributed by atoms with Crippen LogP contribution in [0.15, 0.2) is 59.5 Å². The number of hydrogen-bond donors (Lipinski definition) is 1. The van der Waals surface area contributed by atoms with Crippen LogP contribution in [0.5, 0.6) is 5.75 Å². The quantitative estimate of drug-likeness (QED) is 0.587. The summed E-state index contributed by atoms with van der Waals surface area (Å²) in [5.74, 6) is 0.0552. The number of fused-ring (bicyclic) bond motifs is 1. The summed E-state index contributed by atoms with van der Waals surface area (Å²) in [6, 6.07) is 14.3. The number of allylic oxidation sites excluding steroid dienone is 2. The highest BCUT2D eigenvalue weighted by Gasteiger charge is 2.38. The summed E-state index contributed by atoms with van der Waals surface area (Å²) in [6.45, 7) is 3.86. The van der Waals surface area contributed by atoms with E-state index in [0.29, 0.717) is 12.3 Å². The Balaban J connectivity index is 1.67. The van der Waals surface area contributed by atoms with Gasteiger partial charge in [-0.25, -0.2) is 8.42 Å². The van der Waals surface area contributed by atoms with Crippen molar-refractivity contribution in [2.45, 2.75) is 63.0 Å². The van der Waals surface area contributed by atoms with Crippen molar-refractivity contribution in [1.82, 2.24) is 9.21 Å². The number of hydrogen-bond acceptors (Lipinski definition) is 5. The average molecular weight is 527 g/mol. The zero-order valence-electron chi connectivity index (χ0n) is 22.0. The number of nitrogens with zero attached hydrogens (tertiary/aromatic N) is 2. The highest BCUT2D eigenvalue weighted by Crippen LogP contribution is 2.37. The lowest BCUT2D eigenvalue weighted by Gasteiger charge is -2.37. The summed E-state index contributed by atoms with van der Waals surface area (Å²) in [5, 5.41) is 9.86. The van der Waals surface area contributed by atoms with Crippen molar-refractivity contribution in [2.75, 3.05) is 26.7 Å². The molecule has 0 radical (unpaired) electrons. The lowest BCUT2D eigenvalue weighted by molar-refractivity contribution is -0.130. The Labute approximate surface area is 220 Å². The van der Waals surface area contributed by atoms with Crippen LogP contribution < -0.4 is 4.74 Å². The Bertz CT molecular complexity index is 1230. The van der Waals surface area contributed by atoms with Crippen LogP contribution in [0.3, 0.4) is 0 Å². The minimum Gasteiger partial charge on any atom is -0.487 e. The second kappa shape index (κ2) is 11.8. The molecule has 0 fully saturated rings. The molecule has 2 aliphatic rings. The minimum atomic E-state index is -3.89. The van der Waals surface area contributed by atoms with E-state index in [2.05, 4.69) is 6.08 Å². The first-order chi connectivity index (χ1) is 17.7. The molecule has 1 N–H and O–H groups in total. The van der Waals surface area contributed by atoms with Crippen molar-refractivity contribution in [3.05, 3.63) is 65.7 Å². The molecule has 3 atom stereocenters. The number of aliphatic hydroxyl groups excluding tert-OH is 1. The van der Waals surface area contributed by atoms with Gasteiger partial charge in [0.1, 0.15) is 16.7 Å². The minimum absolute atomic E-state index is 0.0291. The monoisotopic (exact) mass is 526 g/mol. The summed E-state index contributed by atoms with van der Waals surface area (Å²) < 4.78 is 35.2. The topological polar surface area (TPSA) is 87.2 Å². The van der Waals surface area contributed by atoms with Crippen LogP contribution in [-0.2, 0) is 21.2 Å². The number of amides is 1. The number of carbonyl (C=O) groups excluding carboxylic acids is 1. The van der Waals surface area contributed by atoms with Crippen molar-refractivity contribution < 1.29 is 23.1 Å². The van der Waals surface area contributed by atoms with Crippen LogP contribution in [0.1, 0.15) is 50.7 Å². The average Bonchev–Trinajstić information content (AvgIpc) is 2.91. The SMILES string of the molecule is C[C@@H]1CN([C@@H](C)CO)S(=O)(=O)c2ccc(C3=CCCCC3)cc2O[C@@H]1CN(C)C(=O)Cc1ccccc1. The van der Waals surface area contributed by atoms with Crippen LogP contribution >= 0.6 is 0 Å². The molecule has 2 aromatic rings. The van der Waals surface area contributed by atoms with Crippen LogP contribution in [0.4, 0.5) is 0 Å². The van der Waals surface area contributed by atoms with Crippen LogP contribution in [0.25, 0.3) is 5.57 Å². The van der Waals surface area contributed by atoms with E-state index in [4.69, 9.17) is 4.74 Å². The van der Waals surface area contributed by atoms with E-state index >= 15 is 0 Å². The molecule has 8 heteroatoms. The molecule has 1 aliphatic heterocycles. The Morgan fingerprint density at radius 1 is 1.19 bits per heavy atom. The third-order valence-electron chi connectivity index (χ3n) is 7.41. The van der Waals surface area contributed by atoms with E-state index in [-0.39, 0.29) is 36.3 Å². The molecule has 4 rings (SSSR count). The molecule has 0 unspecified atom stereocenters. The van der Waals surface area contributed by atoms with Gasteiger partial charge >= 0.3 is 0 Å². The number of sulfonamides is 1. The van der Waals surface area contributed by atoms with Crippen molar-refractivity contribution >= 4 is 21.5 Å². The molecule has 0 saturated carbocycles. The van der Waals surface area contributed by atoms with Gasteiger partial charge in [-0.05, 0) is 61.4 Å². The molecule has 1 amide bonds. The largest absolute Gasteiger partial charge is 0.487 e. The van der Waals surface area contributed by atoms with Gasteiger partial charge in [0, 0.05) is 25.6 Å². The number of benzene rings is 2. The predicted octanol–water partition coefficient (Wildman–Crippen LogP) is 4.11. The highest BCUT2D eigenvalue weighted by molar-refractivity contribution is 7.89. The highest BCUT2D eigenvalue weighted by atomic mass is 32.2. The molecule has 7 nitrogen and oxygen atoms in total. The van der Waals surface area contributed by atoms with Crippen LogP contribution in [-0.4, -0.2) is 67.5 Å². The first kappa shape index (κ1) is 27.4. The number of ether oxygens (including phenoxy) is 1. The molecule has 0 aromatic heterocycles. The molecular formula is C29H38N2O5S. The number of likely N-dealkylation sites (N-methyl/N-ethyl adjacent to an activating group) is 1. The molecule has 200 valence electrons. The zero-order valence-corrected chi connectivity index (χ0v) is 22.8. The van der Waals surface area contributed by atoms with E-state index in [1.807, 2.05) is 49.4 Å². The predicted molar refractivity (Wildman–Crippen MR) is 145 cm³/mol. The maximum absolute atomic E-state index is 13.7. The van der Waals surface area contributed by atoms with Gasteiger partial charge in [-0.3, -0.25) is 4.79 Å². The molecule has 0 bridgehead atoms. The first-order valence-electron chi connectivity index (χ1n) is 13.1. The second-order valence-electron chi connectivity index (χ2n) is 10.3. The fourth-order valence-electron chi connectivity index (χ4n) is 5.02. The molecule has 0 spiro atoms. The first-order valence-corrected chi connectivity index (χ1v) is 14.6. The van der Waals surface area contributed by atoms with Gasteiger partial charge in [0.2, 0.25) is 15.9 Å². The Morgan fingerprint density at radius 2 is 1.95 bits per heavy atom. The summed E-state index contributed by atoms with van der Waals surface area (Å²) >= 11 is 0. The lowest BCUT2D eigenvalue weighted by atomic mass is 9.93. The number of rotatable bonds is 7. The standard InChI is InChI=1S/C29H38N2O5S/c1-21-18-31(22(2)20-32)37(34,35)28-15-14-25(24-12-8-5-9-13-24)17-26(28)36-27(21)19-30(3)29(33)16-23-10-6-4-7-11-23/h4,6-7,10-12,14-15,17,21-22,27,32H,5,8-9,13,16,18-20H2,1-3H3/t21-,22+,27-/m1/s1. The van der Waals surface area contributed by atoms with Crippen molar-refractivity contribution in [1.29, 1.82) is 0 Å². The Kier molecular flexibility index (Phi) is 8.72. The fraction of sp³-hybridized carbons (Fsp3) is 0.483. The van der Waals surface area contributed by atoms with Gasteiger partial charge < -0.3 is 14.7 Å². The molecule has 1 aliphatic carbocycles. The number of aliphatic hydroxyl groups is 1. The smallest absolute Gasteiger partial charge is 0.247 e. The number of carbonyl (C=O) groups is 1. The van der Waals surface area contributed by atoms with E-state index in [9.17, 15) is 18.3 Å². The Hall–Kier alpha value is -2.68. The molecule has 37 heavy (non-hydrogen) atoms. The summed E-state index contributed by atoms with van der Waals surface area (Å²) in [5.41, 5.74) is 3.11. The molecule has 0 saturated heterocycles. The second-order valence-corrected chi connectivity index (χ2v) is 12.2. The third kappa shape index (κ3) is 6.25. The van der Waals surface area contributed by atoms with Gasteiger partial charge in [0.25, 0.3) is 0 Å². The van der Waals surface area contributed by atoms with Gasteiger partial charge in [-0.2, -0.15) is 4.31 Å². The maximum Gasteiger partial charge on any atom is 0.247 e. The lowest BCUT2D eigenvalue weighted by Crippen LogP contribution is -2.50. The molecule has 1 heterocycles. The van der Waals surface area contributed by atoms with Gasteiger partial charge in [0.15, 0.2) is 0 Å². The van der Waals surface area contributed by atoms with Gasteiger partial charge in [-0.1, -0.05) is 49.4 Å². The van der Waals surface area contributed by atoms with Crippen LogP contribution in [0, 0.1) is 5.92 Å². The van der Waals surface area contributed by atoms with E-state index < -0.39 is 22.2 Å². The molecular weight excluding hydrogens is 488 g/mol. The van der Waals surface area contributed by atoms with E-state index in [1.165, 1.54) is 9.88 Å². The third-order valence-corrected chi connectivity index (χ3v) is 9.43. The fourth-order valence-corrected chi connectivity index (χ4v) is 6.85. The summed E-state index contributed by atoms with van der Waals surface area (Å²) in [7, 11) is -2.14. The summed E-state index contributed by atoms with van der Waals surface area (Å²) in [4.78, 5) is 14.8. The van der Waals surface area contributed by atoms with Crippen molar-refractivity contribution in [3.63, 3.8) is 0 Å². The maximum atomic E-state index is 13.7. The van der Waals surface area contributed by atoms with Gasteiger partial charge in [-0.15, -0.1) is 0 Å². The zero-order chi connectivity index (χ0) is 26.6.